The monoisotopic (exact) mass is 274 g/mol. The Morgan fingerprint density at radius 1 is 1.30 bits per heavy atom. The van der Waals surface area contributed by atoms with Crippen molar-refractivity contribution in [3.05, 3.63) is 29.8 Å². The molecule has 1 saturated carbocycles. The van der Waals surface area contributed by atoms with Crippen LogP contribution in [-0.2, 0) is 11.3 Å². The van der Waals surface area contributed by atoms with Gasteiger partial charge in [-0.05, 0) is 37.8 Å². The van der Waals surface area contributed by atoms with E-state index in [-0.39, 0.29) is 11.8 Å². The molecule has 1 aromatic carbocycles. The summed E-state index contributed by atoms with van der Waals surface area (Å²) in [6.45, 7) is 3.10. The first kappa shape index (κ1) is 13.4. The Balaban J connectivity index is 1.54. The number of carbonyl (C=O) groups is 1. The third kappa shape index (κ3) is 3.51. The molecule has 2 fully saturated rings. The average molecular weight is 274 g/mol. The Kier molecular flexibility index (Phi) is 4.21. The number of rotatable bonds is 6. The average Bonchev–Trinajstić information content (AvgIpc) is 3.14. The molecule has 2 aliphatic rings. The molecule has 2 N–H and O–H groups in total. The van der Waals surface area contributed by atoms with Gasteiger partial charge in [-0.1, -0.05) is 18.2 Å². The van der Waals surface area contributed by atoms with E-state index in [1.54, 1.807) is 0 Å². The summed E-state index contributed by atoms with van der Waals surface area (Å²) in [6.07, 6.45) is 3.51. The second kappa shape index (κ2) is 6.27. The van der Waals surface area contributed by atoms with Gasteiger partial charge in [0.25, 0.3) is 0 Å². The van der Waals surface area contributed by atoms with Gasteiger partial charge in [-0.15, -0.1) is 0 Å². The largest absolute Gasteiger partial charge is 0.493 e. The molecule has 0 aromatic heterocycles. The van der Waals surface area contributed by atoms with Crippen molar-refractivity contribution in [1.82, 2.24) is 10.6 Å². The van der Waals surface area contributed by atoms with Gasteiger partial charge in [0.05, 0.1) is 12.5 Å². The summed E-state index contributed by atoms with van der Waals surface area (Å²) in [5.41, 5.74) is 1.06. The molecule has 1 unspecified atom stereocenters. The summed E-state index contributed by atoms with van der Waals surface area (Å²) in [7, 11) is 0. The van der Waals surface area contributed by atoms with E-state index < -0.39 is 0 Å². The van der Waals surface area contributed by atoms with Crippen molar-refractivity contribution in [2.45, 2.75) is 25.8 Å². The molecule has 1 aliphatic carbocycles. The molecule has 1 heterocycles. The van der Waals surface area contributed by atoms with Crippen LogP contribution < -0.4 is 15.4 Å². The van der Waals surface area contributed by atoms with E-state index in [0.717, 1.165) is 43.3 Å². The third-order valence-electron chi connectivity index (χ3n) is 4.03. The Morgan fingerprint density at radius 2 is 2.15 bits per heavy atom. The van der Waals surface area contributed by atoms with Crippen LogP contribution in [0.5, 0.6) is 5.75 Å². The Hall–Kier alpha value is -1.55. The van der Waals surface area contributed by atoms with Crippen molar-refractivity contribution in [1.29, 1.82) is 0 Å². The SMILES string of the molecule is O=C(NCc1ccccc1OCC1CC1)C1CCNC1. The van der Waals surface area contributed by atoms with E-state index in [2.05, 4.69) is 10.6 Å². The summed E-state index contributed by atoms with van der Waals surface area (Å²) < 4.78 is 5.86. The highest BCUT2D eigenvalue weighted by Gasteiger charge is 2.23. The number of hydrogen-bond acceptors (Lipinski definition) is 3. The zero-order valence-electron chi connectivity index (χ0n) is 11.7. The van der Waals surface area contributed by atoms with Gasteiger partial charge < -0.3 is 15.4 Å². The summed E-state index contributed by atoms with van der Waals surface area (Å²) in [5.74, 6) is 1.91. The van der Waals surface area contributed by atoms with Crippen LogP contribution in [0.2, 0.25) is 0 Å². The highest BCUT2D eigenvalue weighted by atomic mass is 16.5. The lowest BCUT2D eigenvalue weighted by Gasteiger charge is -2.13. The first-order chi connectivity index (χ1) is 9.83. The lowest BCUT2D eigenvalue weighted by molar-refractivity contribution is -0.124. The van der Waals surface area contributed by atoms with Gasteiger partial charge in [-0.3, -0.25) is 4.79 Å². The van der Waals surface area contributed by atoms with E-state index in [1.807, 2.05) is 24.3 Å². The van der Waals surface area contributed by atoms with E-state index in [0.29, 0.717) is 6.54 Å². The van der Waals surface area contributed by atoms with E-state index >= 15 is 0 Å². The topological polar surface area (TPSA) is 50.4 Å². The molecule has 1 amide bonds. The third-order valence-corrected chi connectivity index (χ3v) is 4.03. The molecule has 0 spiro atoms. The Morgan fingerprint density at radius 3 is 2.90 bits per heavy atom. The lowest BCUT2D eigenvalue weighted by atomic mass is 10.1. The molecule has 1 saturated heterocycles. The zero-order valence-corrected chi connectivity index (χ0v) is 11.7. The number of amides is 1. The summed E-state index contributed by atoms with van der Waals surface area (Å²) >= 11 is 0. The quantitative estimate of drug-likeness (QED) is 0.830. The molecule has 4 nitrogen and oxygen atoms in total. The van der Waals surface area contributed by atoms with E-state index in [9.17, 15) is 4.79 Å². The molecule has 1 atom stereocenters. The van der Waals surface area contributed by atoms with Crippen molar-refractivity contribution >= 4 is 5.91 Å². The molecule has 1 aromatic rings. The van der Waals surface area contributed by atoms with Gasteiger partial charge in [0.1, 0.15) is 5.75 Å². The summed E-state index contributed by atoms with van der Waals surface area (Å²) in [6, 6.07) is 7.98. The van der Waals surface area contributed by atoms with Crippen LogP contribution in [0.25, 0.3) is 0 Å². The highest BCUT2D eigenvalue weighted by Crippen LogP contribution is 2.30. The van der Waals surface area contributed by atoms with Gasteiger partial charge in [-0.2, -0.15) is 0 Å². The van der Waals surface area contributed by atoms with Gasteiger partial charge in [-0.25, -0.2) is 0 Å². The molecule has 0 bridgehead atoms. The maximum absolute atomic E-state index is 12.0. The van der Waals surface area contributed by atoms with Crippen LogP contribution >= 0.6 is 0 Å². The van der Waals surface area contributed by atoms with Crippen LogP contribution in [0.15, 0.2) is 24.3 Å². The fourth-order valence-electron chi connectivity index (χ4n) is 2.49. The molecular formula is C16H22N2O2. The second-order valence-corrected chi connectivity index (χ2v) is 5.77. The Bertz CT molecular complexity index is 465. The van der Waals surface area contributed by atoms with Crippen molar-refractivity contribution in [2.75, 3.05) is 19.7 Å². The standard InChI is InChI=1S/C16H22N2O2/c19-16(14-7-8-17-9-14)18-10-13-3-1-2-4-15(13)20-11-12-5-6-12/h1-4,12,14,17H,5-11H2,(H,18,19). The normalized spacial score (nSPS) is 21.7. The molecule has 108 valence electrons. The van der Waals surface area contributed by atoms with Crippen molar-refractivity contribution < 1.29 is 9.53 Å². The number of hydrogen-bond donors (Lipinski definition) is 2. The number of ether oxygens (including phenoxy) is 1. The molecule has 3 rings (SSSR count). The minimum Gasteiger partial charge on any atom is -0.493 e. The fourth-order valence-corrected chi connectivity index (χ4v) is 2.49. The van der Waals surface area contributed by atoms with Crippen molar-refractivity contribution in [3.8, 4) is 5.75 Å². The Labute approximate surface area is 119 Å². The minimum atomic E-state index is 0.120. The maximum Gasteiger partial charge on any atom is 0.224 e. The molecule has 4 heteroatoms. The van der Waals surface area contributed by atoms with Gasteiger partial charge >= 0.3 is 0 Å². The summed E-state index contributed by atoms with van der Waals surface area (Å²) in [5, 5.41) is 6.24. The van der Waals surface area contributed by atoms with Gasteiger partial charge in [0.2, 0.25) is 5.91 Å². The highest BCUT2D eigenvalue weighted by molar-refractivity contribution is 5.79. The number of benzene rings is 1. The molecule has 20 heavy (non-hydrogen) atoms. The summed E-state index contributed by atoms with van der Waals surface area (Å²) in [4.78, 5) is 12.0. The van der Waals surface area contributed by atoms with Gasteiger partial charge in [0.15, 0.2) is 0 Å². The lowest BCUT2D eigenvalue weighted by Crippen LogP contribution is -2.31. The molecular weight excluding hydrogens is 252 g/mol. The van der Waals surface area contributed by atoms with Crippen LogP contribution in [-0.4, -0.2) is 25.6 Å². The number of para-hydroxylation sites is 1. The van der Waals surface area contributed by atoms with Crippen LogP contribution in [0.3, 0.4) is 0 Å². The van der Waals surface area contributed by atoms with Crippen molar-refractivity contribution in [3.63, 3.8) is 0 Å². The van der Waals surface area contributed by atoms with Crippen LogP contribution in [0.1, 0.15) is 24.8 Å². The van der Waals surface area contributed by atoms with E-state index in [1.165, 1.54) is 12.8 Å². The van der Waals surface area contributed by atoms with Crippen LogP contribution in [0, 0.1) is 11.8 Å². The zero-order chi connectivity index (χ0) is 13.8. The van der Waals surface area contributed by atoms with Crippen molar-refractivity contribution in [2.24, 2.45) is 11.8 Å². The predicted octanol–water partition coefficient (Wildman–Crippen LogP) is 1.70. The molecule has 1 aliphatic heterocycles. The minimum absolute atomic E-state index is 0.120. The number of nitrogens with one attached hydrogen (secondary N) is 2. The van der Waals surface area contributed by atoms with Crippen LogP contribution in [0.4, 0.5) is 0 Å². The van der Waals surface area contributed by atoms with Gasteiger partial charge in [0, 0.05) is 18.7 Å². The first-order valence-electron chi connectivity index (χ1n) is 7.52. The van der Waals surface area contributed by atoms with E-state index in [4.69, 9.17) is 4.74 Å². The maximum atomic E-state index is 12.0. The number of carbonyl (C=O) groups excluding carboxylic acids is 1. The molecule has 0 radical (unpaired) electrons. The first-order valence-corrected chi connectivity index (χ1v) is 7.52. The predicted molar refractivity (Wildman–Crippen MR) is 77.5 cm³/mol. The smallest absolute Gasteiger partial charge is 0.224 e. The second-order valence-electron chi connectivity index (χ2n) is 5.77. The fraction of sp³-hybridized carbons (Fsp3) is 0.562.